The molecule has 1 aromatic heterocycles. The maximum atomic E-state index is 5.82. The van der Waals surface area contributed by atoms with E-state index in [1.807, 2.05) is 12.3 Å². The smallest absolute Gasteiger partial charge is 0.106 e. The van der Waals surface area contributed by atoms with Crippen LogP contribution in [-0.4, -0.2) is 22.6 Å². The van der Waals surface area contributed by atoms with Crippen LogP contribution in [0, 0.1) is 0 Å². The fourth-order valence-corrected chi connectivity index (χ4v) is 2.91. The highest BCUT2D eigenvalue weighted by molar-refractivity contribution is 7.80. The van der Waals surface area contributed by atoms with Crippen LogP contribution in [0.4, 0.5) is 5.69 Å². The van der Waals surface area contributed by atoms with Gasteiger partial charge in [-0.2, -0.15) is 0 Å². The Labute approximate surface area is 114 Å². The van der Waals surface area contributed by atoms with Gasteiger partial charge in [-0.15, -0.1) is 0 Å². The van der Waals surface area contributed by atoms with E-state index in [4.69, 9.17) is 18.0 Å². The zero-order valence-electron chi connectivity index (χ0n) is 10.9. The topological polar surface area (TPSA) is 42.2 Å². The average Bonchev–Trinajstić information content (AvgIpc) is 2.63. The molecule has 0 amide bonds. The quantitative estimate of drug-likeness (QED) is 0.852. The van der Waals surface area contributed by atoms with Crippen LogP contribution in [-0.2, 0) is 0 Å². The van der Waals surface area contributed by atoms with Crippen molar-refractivity contribution in [3.05, 3.63) is 24.0 Å². The minimum Gasteiger partial charge on any atom is -0.389 e. The number of nitrogens with zero attached hydrogens (tertiary/aromatic N) is 2. The number of hydrogen-bond acceptors (Lipinski definition) is 3. The summed E-state index contributed by atoms with van der Waals surface area (Å²) in [5, 5.41) is 0. The first-order valence-electron chi connectivity index (χ1n) is 6.74. The molecule has 18 heavy (non-hydrogen) atoms. The minimum absolute atomic E-state index is 0.464. The molecule has 4 heteroatoms. The van der Waals surface area contributed by atoms with Gasteiger partial charge in [0, 0.05) is 24.3 Å². The normalized spacial score (nSPS) is 20.5. The lowest BCUT2D eigenvalue weighted by molar-refractivity contribution is 0.555. The van der Waals surface area contributed by atoms with Gasteiger partial charge in [0.2, 0.25) is 0 Å². The molecule has 2 heterocycles. The Balaban J connectivity index is 2.35. The standard InChI is InChI=1S/C14H21N3S/c1-2-11-6-4-3-5-9-17(11)13-10-16-8-7-12(13)14(15)18/h7-8,10-11H,2-6,9H2,1H3,(H2,15,18). The van der Waals surface area contributed by atoms with Gasteiger partial charge in [-0.05, 0) is 25.3 Å². The molecule has 3 nitrogen and oxygen atoms in total. The molecule has 0 aliphatic carbocycles. The molecule has 1 saturated heterocycles. The highest BCUT2D eigenvalue weighted by Gasteiger charge is 2.22. The van der Waals surface area contributed by atoms with Crippen molar-refractivity contribution in [2.24, 2.45) is 5.73 Å². The van der Waals surface area contributed by atoms with E-state index >= 15 is 0 Å². The number of thiocarbonyl (C=S) groups is 1. The predicted octanol–water partition coefficient (Wildman–Crippen LogP) is 2.87. The summed E-state index contributed by atoms with van der Waals surface area (Å²) in [6, 6.07) is 2.51. The number of hydrogen-bond donors (Lipinski definition) is 1. The van der Waals surface area contributed by atoms with Gasteiger partial charge in [0.1, 0.15) is 4.99 Å². The van der Waals surface area contributed by atoms with Gasteiger partial charge < -0.3 is 10.6 Å². The molecule has 1 atom stereocenters. The molecule has 1 aliphatic heterocycles. The third-order valence-corrected chi connectivity index (χ3v) is 3.94. The average molecular weight is 263 g/mol. The minimum atomic E-state index is 0.464. The van der Waals surface area contributed by atoms with Crippen LogP contribution in [0.5, 0.6) is 0 Å². The molecule has 2 N–H and O–H groups in total. The molecule has 1 unspecified atom stereocenters. The van der Waals surface area contributed by atoms with Crippen molar-refractivity contribution in [3.63, 3.8) is 0 Å². The van der Waals surface area contributed by atoms with Crippen LogP contribution in [0.15, 0.2) is 18.5 Å². The van der Waals surface area contributed by atoms with Crippen LogP contribution in [0.25, 0.3) is 0 Å². The van der Waals surface area contributed by atoms with Crippen LogP contribution in [0.1, 0.15) is 44.6 Å². The molecule has 98 valence electrons. The van der Waals surface area contributed by atoms with Crippen molar-refractivity contribution in [1.29, 1.82) is 0 Å². The molecule has 0 saturated carbocycles. The molecule has 0 radical (unpaired) electrons. The van der Waals surface area contributed by atoms with Gasteiger partial charge in [-0.25, -0.2) is 0 Å². The van der Waals surface area contributed by atoms with Crippen LogP contribution in [0.3, 0.4) is 0 Å². The fraction of sp³-hybridized carbons (Fsp3) is 0.571. The van der Waals surface area contributed by atoms with Crippen molar-refractivity contribution >= 4 is 22.9 Å². The first-order chi connectivity index (χ1) is 8.74. The van der Waals surface area contributed by atoms with Gasteiger partial charge in [-0.3, -0.25) is 4.98 Å². The lowest BCUT2D eigenvalue weighted by Crippen LogP contribution is -2.36. The Morgan fingerprint density at radius 1 is 1.50 bits per heavy atom. The molecule has 1 aromatic rings. The van der Waals surface area contributed by atoms with E-state index in [9.17, 15) is 0 Å². The first-order valence-corrected chi connectivity index (χ1v) is 7.15. The lowest BCUT2D eigenvalue weighted by Gasteiger charge is -2.32. The van der Waals surface area contributed by atoms with Gasteiger partial charge in [-0.1, -0.05) is 32.0 Å². The summed E-state index contributed by atoms with van der Waals surface area (Å²) in [6.45, 7) is 3.33. The van der Waals surface area contributed by atoms with Crippen molar-refractivity contribution < 1.29 is 0 Å². The monoisotopic (exact) mass is 263 g/mol. The summed E-state index contributed by atoms with van der Waals surface area (Å²) < 4.78 is 0. The van der Waals surface area contributed by atoms with E-state index in [0.717, 1.165) is 24.2 Å². The zero-order chi connectivity index (χ0) is 13.0. The van der Waals surface area contributed by atoms with E-state index in [0.29, 0.717) is 11.0 Å². The molecular formula is C14H21N3S. The lowest BCUT2D eigenvalue weighted by atomic mass is 10.1. The molecule has 0 aromatic carbocycles. The largest absolute Gasteiger partial charge is 0.389 e. The highest BCUT2D eigenvalue weighted by Crippen LogP contribution is 2.28. The Bertz CT molecular complexity index is 419. The van der Waals surface area contributed by atoms with E-state index in [2.05, 4.69) is 16.8 Å². The molecule has 1 aliphatic rings. The summed E-state index contributed by atoms with van der Waals surface area (Å²) in [4.78, 5) is 7.16. The second-order valence-electron chi connectivity index (χ2n) is 4.86. The molecule has 0 spiro atoms. The highest BCUT2D eigenvalue weighted by atomic mass is 32.1. The molecule has 1 fully saturated rings. The van der Waals surface area contributed by atoms with Crippen molar-refractivity contribution in [1.82, 2.24) is 4.98 Å². The summed E-state index contributed by atoms with van der Waals surface area (Å²) in [6.07, 6.45) is 9.95. The third kappa shape index (κ3) is 2.80. The zero-order valence-corrected chi connectivity index (χ0v) is 11.7. The number of aromatic nitrogens is 1. The number of pyridine rings is 1. The Morgan fingerprint density at radius 2 is 2.33 bits per heavy atom. The van der Waals surface area contributed by atoms with Gasteiger partial charge in [0.05, 0.1) is 11.9 Å². The van der Waals surface area contributed by atoms with Crippen LogP contribution >= 0.6 is 12.2 Å². The van der Waals surface area contributed by atoms with Crippen LogP contribution in [0.2, 0.25) is 0 Å². The maximum Gasteiger partial charge on any atom is 0.106 e. The first kappa shape index (κ1) is 13.3. The van der Waals surface area contributed by atoms with Crippen molar-refractivity contribution in [2.45, 2.75) is 45.1 Å². The summed E-state index contributed by atoms with van der Waals surface area (Å²) >= 11 is 5.15. The Kier molecular flexibility index (Phi) is 4.53. The Hall–Kier alpha value is -1.16. The van der Waals surface area contributed by atoms with Gasteiger partial charge in [0.25, 0.3) is 0 Å². The molecule has 2 rings (SSSR count). The van der Waals surface area contributed by atoms with Crippen LogP contribution < -0.4 is 10.6 Å². The van der Waals surface area contributed by atoms with Gasteiger partial charge >= 0.3 is 0 Å². The van der Waals surface area contributed by atoms with E-state index in [-0.39, 0.29) is 0 Å². The van der Waals surface area contributed by atoms with E-state index in [1.54, 1.807) is 6.20 Å². The number of rotatable bonds is 3. The number of nitrogens with two attached hydrogens (primary N) is 1. The third-order valence-electron chi connectivity index (χ3n) is 3.72. The summed E-state index contributed by atoms with van der Waals surface area (Å²) in [5.74, 6) is 0. The van der Waals surface area contributed by atoms with E-state index in [1.165, 1.54) is 25.7 Å². The Morgan fingerprint density at radius 3 is 3.06 bits per heavy atom. The molecule has 0 bridgehead atoms. The predicted molar refractivity (Wildman–Crippen MR) is 80.0 cm³/mol. The fourth-order valence-electron chi connectivity index (χ4n) is 2.74. The summed E-state index contributed by atoms with van der Waals surface area (Å²) in [5.41, 5.74) is 7.89. The second-order valence-corrected chi connectivity index (χ2v) is 5.30. The molecular weight excluding hydrogens is 242 g/mol. The second kappa shape index (κ2) is 6.14. The van der Waals surface area contributed by atoms with Crippen molar-refractivity contribution in [2.75, 3.05) is 11.4 Å². The van der Waals surface area contributed by atoms with Gasteiger partial charge in [0.15, 0.2) is 0 Å². The maximum absolute atomic E-state index is 5.82. The SMILES string of the molecule is CCC1CCCCCN1c1cnccc1C(N)=S. The van der Waals surface area contributed by atoms with Crippen molar-refractivity contribution in [3.8, 4) is 0 Å². The van der Waals surface area contributed by atoms with E-state index < -0.39 is 0 Å². The number of anilines is 1. The summed E-state index contributed by atoms with van der Waals surface area (Å²) in [7, 11) is 0.